The molecule has 3 heterocycles. The highest BCUT2D eigenvalue weighted by Crippen LogP contribution is 2.23. The maximum Gasteiger partial charge on any atom is 0.251 e. The largest absolute Gasteiger partial charge is 0.342 e. The van der Waals surface area contributed by atoms with Crippen LogP contribution in [0.4, 0.5) is 0 Å². The van der Waals surface area contributed by atoms with Gasteiger partial charge in [0.1, 0.15) is 0 Å². The zero-order chi connectivity index (χ0) is 22.7. The molecule has 32 heavy (non-hydrogen) atoms. The van der Waals surface area contributed by atoms with E-state index >= 15 is 0 Å². The molecule has 0 bridgehead atoms. The molecule has 8 nitrogen and oxygen atoms in total. The van der Waals surface area contributed by atoms with Gasteiger partial charge in [-0.3, -0.25) is 9.20 Å². The van der Waals surface area contributed by atoms with Gasteiger partial charge in [-0.2, -0.15) is 4.31 Å². The van der Waals surface area contributed by atoms with Crippen molar-refractivity contribution < 1.29 is 13.2 Å². The fourth-order valence-corrected chi connectivity index (χ4v) is 5.55. The van der Waals surface area contributed by atoms with Crippen LogP contribution in [0, 0.1) is 5.92 Å². The van der Waals surface area contributed by atoms with E-state index in [0.717, 1.165) is 25.7 Å². The molecule has 1 amide bonds. The first-order chi connectivity index (χ1) is 15.4. The predicted octanol–water partition coefficient (Wildman–Crippen LogP) is 3.42. The molecule has 0 unspecified atom stereocenters. The van der Waals surface area contributed by atoms with E-state index in [1.54, 1.807) is 16.4 Å². The number of fused-ring (bicyclic) bond motifs is 1. The second kappa shape index (κ2) is 9.38. The number of nitrogens with zero attached hydrogens (tertiary/aromatic N) is 4. The summed E-state index contributed by atoms with van der Waals surface area (Å²) in [6.07, 6.45) is 5.75. The van der Waals surface area contributed by atoms with E-state index in [1.165, 1.54) is 12.1 Å². The molecule has 1 aliphatic heterocycles. The highest BCUT2D eigenvalue weighted by atomic mass is 32.2. The summed E-state index contributed by atoms with van der Waals surface area (Å²) in [6, 6.07) is 11.5. The van der Waals surface area contributed by atoms with Crippen LogP contribution in [0.3, 0.4) is 0 Å². The summed E-state index contributed by atoms with van der Waals surface area (Å²) in [6.45, 7) is 5.11. The van der Waals surface area contributed by atoms with Crippen molar-refractivity contribution in [3.05, 3.63) is 60.0 Å². The maximum atomic E-state index is 13.0. The fraction of sp³-hybridized carbons (Fsp3) is 0.435. The predicted molar refractivity (Wildman–Crippen MR) is 122 cm³/mol. The Bertz CT molecular complexity index is 1180. The fourth-order valence-electron chi connectivity index (χ4n) is 4.04. The van der Waals surface area contributed by atoms with E-state index in [4.69, 9.17) is 0 Å². The second-order valence-corrected chi connectivity index (χ2v) is 10.5. The Labute approximate surface area is 188 Å². The summed E-state index contributed by atoms with van der Waals surface area (Å²) in [7, 11) is -3.54. The molecule has 0 radical (unpaired) electrons. The van der Waals surface area contributed by atoms with Crippen LogP contribution < -0.4 is 5.32 Å². The molecule has 0 saturated carbocycles. The molecule has 9 heteroatoms. The molecular weight excluding hydrogens is 426 g/mol. The third kappa shape index (κ3) is 4.54. The van der Waals surface area contributed by atoms with Gasteiger partial charge < -0.3 is 5.32 Å². The SMILES string of the molecule is CC(C)[C@H](NC(=O)c1ccc(S(=O)(=O)N2CCCCCC2)cc1)c1nnc2ccccn12. The van der Waals surface area contributed by atoms with Crippen LogP contribution in [0.15, 0.2) is 53.6 Å². The molecule has 1 atom stereocenters. The molecule has 4 rings (SSSR count). The van der Waals surface area contributed by atoms with Crippen molar-refractivity contribution in [2.75, 3.05) is 13.1 Å². The number of hydrogen-bond acceptors (Lipinski definition) is 5. The number of aromatic nitrogens is 3. The molecule has 1 N–H and O–H groups in total. The lowest BCUT2D eigenvalue weighted by molar-refractivity contribution is 0.0922. The number of hydrogen-bond donors (Lipinski definition) is 1. The van der Waals surface area contributed by atoms with Gasteiger partial charge in [0.15, 0.2) is 11.5 Å². The maximum absolute atomic E-state index is 13.0. The highest BCUT2D eigenvalue weighted by Gasteiger charge is 2.27. The van der Waals surface area contributed by atoms with Gasteiger partial charge in [0.05, 0.1) is 10.9 Å². The molecular formula is C23H29N5O3S. The van der Waals surface area contributed by atoms with Crippen LogP contribution in [0.5, 0.6) is 0 Å². The molecule has 1 aliphatic rings. The van der Waals surface area contributed by atoms with Crippen LogP contribution in [-0.2, 0) is 10.0 Å². The van der Waals surface area contributed by atoms with Crippen molar-refractivity contribution in [2.45, 2.75) is 50.5 Å². The number of benzene rings is 1. The molecule has 1 aromatic carbocycles. The first-order valence-electron chi connectivity index (χ1n) is 11.1. The Balaban J connectivity index is 1.53. The number of carbonyl (C=O) groups excluding carboxylic acids is 1. The normalized spacial score (nSPS) is 16.7. The van der Waals surface area contributed by atoms with Gasteiger partial charge in [0.25, 0.3) is 5.91 Å². The average Bonchev–Trinajstić information content (AvgIpc) is 3.01. The van der Waals surface area contributed by atoms with Crippen LogP contribution in [0.1, 0.15) is 61.8 Å². The van der Waals surface area contributed by atoms with E-state index in [1.807, 2.05) is 42.6 Å². The zero-order valence-electron chi connectivity index (χ0n) is 18.4. The monoisotopic (exact) mass is 455 g/mol. The number of sulfonamides is 1. The standard InChI is InChI=1S/C23H29N5O3S/c1-17(2)21(22-26-25-20-9-5-8-16-28(20)22)24-23(29)18-10-12-19(13-11-18)32(30,31)27-14-6-3-4-7-15-27/h5,8-13,16-17,21H,3-4,6-7,14-15H2,1-2H3,(H,24,29)/t21-/m0/s1. The second-order valence-electron chi connectivity index (χ2n) is 8.52. The van der Waals surface area contributed by atoms with E-state index < -0.39 is 10.0 Å². The van der Waals surface area contributed by atoms with E-state index in [2.05, 4.69) is 15.5 Å². The molecule has 0 aliphatic carbocycles. The number of rotatable bonds is 6. The molecule has 2 aromatic heterocycles. The lowest BCUT2D eigenvalue weighted by atomic mass is 10.0. The summed E-state index contributed by atoms with van der Waals surface area (Å²) >= 11 is 0. The van der Waals surface area contributed by atoms with Gasteiger partial charge in [-0.1, -0.05) is 32.8 Å². The first kappa shape index (κ1) is 22.4. The molecule has 1 fully saturated rings. The van der Waals surface area contributed by atoms with Crippen molar-refractivity contribution in [1.29, 1.82) is 0 Å². The van der Waals surface area contributed by atoms with Crippen molar-refractivity contribution in [3.63, 3.8) is 0 Å². The van der Waals surface area contributed by atoms with Gasteiger partial charge in [-0.05, 0) is 55.2 Å². The molecule has 3 aromatic rings. The number of nitrogens with one attached hydrogen (secondary N) is 1. The summed E-state index contributed by atoms with van der Waals surface area (Å²) < 4.78 is 29.4. The van der Waals surface area contributed by atoms with Gasteiger partial charge in [-0.15, -0.1) is 10.2 Å². The molecule has 0 spiro atoms. The minimum Gasteiger partial charge on any atom is -0.342 e. The van der Waals surface area contributed by atoms with Gasteiger partial charge >= 0.3 is 0 Å². The summed E-state index contributed by atoms with van der Waals surface area (Å²) in [4.78, 5) is 13.2. The van der Waals surface area contributed by atoms with Gasteiger partial charge in [-0.25, -0.2) is 8.42 Å². The van der Waals surface area contributed by atoms with Crippen LogP contribution >= 0.6 is 0 Å². The lowest BCUT2D eigenvalue weighted by Crippen LogP contribution is -2.33. The van der Waals surface area contributed by atoms with Crippen LogP contribution in [0.2, 0.25) is 0 Å². The topological polar surface area (TPSA) is 96.7 Å². The van der Waals surface area contributed by atoms with Crippen LogP contribution in [0.25, 0.3) is 5.65 Å². The minimum absolute atomic E-state index is 0.0780. The molecule has 170 valence electrons. The van der Waals surface area contributed by atoms with E-state index in [-0.39, 0.29) is 22.8 Å². The number of amides is 1. The summed E-state index contributed by atoms with van der Waals surface area (Å²) in [5.41, 5.74) is 1.12. The Morgan fingerprint density at radius 3 is 2.31 bits per heavy atom. The summed E-state index contributed by atoms with van der Waals surface area (Å²) in [5, 5.41) is 11.5. The Morgan fingerprint density at radius 1 is 0.969 bits per heavy atom. The lowest BCUT2D eigenvalue weighted by Gasteiger charge is -2.21. The average molecular weight is 456 g/mol. The zero-order valence-corrected chi connectivity index (χ0v) is 19.3. The number of carbonyl (C=O) groups is 1. The van der Waals surface area contributed by atoms with Crippen molar-refractivity contribution in [3.8, 4) is 0 Å². The van der Waals surface area contributed by atoms with Gasteiger partial charge in [0, 0.05) is 24.8 Å². The van der Waals surface area contributed by atoms with Crippen LogP contribution in [-0.4, -0.2) is 46.3 Å². The van der Waals surface area contributed by atoms with Crippen molar-refractivity contribution >= 4 is 21.6 Å². The Hall–Kier alpha value is -2.78. The highest BCUT2D eigenvalue weighted by molar-refractivity contribution is 7.89. The quantitative estimate of drug-likeness (QED) is 0.614. The van der Waals surface area contributed by atoms with Crippen molar-refractivity contribution in [2.24, 2.45) is 5.92 Å². The number of pyridine rings is 1. The molecule has 1 saturated heterocycles. The Morgan fingerprint density at radius 2 is 1.66 bits per heavy atom. The summed E-state index contributed by atoms with van der Waals surface area (Å²) in [5.74, 6) is 0.452. The van der Waals surface area contributed by atoms with E-state index in [0.29, 0.717) is 30.1 Å². The van der Waals surface area contributed by atoms with Gasteiger partial charge in [0.2, 0.25) is 10.0 Å². The van der Waals surface area contributed by atoms with Crippen molar-refractivity contribution in [1.82, 2.24) is 24.2 Å². The minimum atomic E-state index is -3.54. The first-order valence-corrected chi connectivity index (χ1v) is 12.5. The third-order valence-electron chi connectivity index (χ3n) is 5.89. The van der Waals surface area contributed by atoms with E-state index in [9.17, 15) is 13.2 Å². The Kier molecular flexibility index (Phi) is 6.57. The smallest absolute Gasteiger partial charge is 0.251 e. The third-order valence-corrected chi connectivity index (χ3v) is 7.80.